The SMILES string of the molecule is Nc1ncc(-c2ccn(Cc3ccncc3)c(=O)c2)c(-c2ccco2)n1. The average molecular weight is 345 g/mol. The minimum absolute atomic E-state index is 0.124. The monoisotopic (exact) mass is 345 g/mol. The molecule has 0 bridgehead atoms. The first-order chi connectivity index (χ1) is 12.7. The van der Waals surface area contributed by atoms with Crippen LogP contribution in [-0.2, 0) is 6.54 Å². The minimum Gasteiger partial charge on any atom is -0.463 e. The van der Waals surface area contributed by atoms with Crippen LogP contribution in [-0.4, -0.2) is 19.5 Å². The maximum absolute atomic E-state index is 12.5. The van der Waals surface area contributed by atoms with E-state index < -0.39 is 0 Å². The number of nitrogen functional groups attached to an aromatic ring is 1. The van der Waals surface area contributed by atoms with Gasteiger partial charge in [-0.2, -0.15) is 0 Å². The van der Waals surface area contributed by atoms with Crippen LogP contribution in [0.1, 0.15) is 5.56 Å². The third-order valence-electron chi connectivity index (χ3n) is 3.97. The molecular formula is C19H15N5O2. The molecule has 128 valence electrons. The summed E-state index contributed by atoms with van der Waals surface area (Å²) in [6.07, 6.45) is 8.32. The molecule has 0 aliphatic carbocycles. The number of pyridine rings is 2. The van der Waals surface area contributed by atoms with Crippen molar-refractivity contribution in [1.82, 2.24) is 19.5 Å². The Morgan fingerprint density at radius 2 is 2.00 bits per heavy atom. The van der Waals surface area contributed by atoms with Crippen LogP contribution >= 0.6 is 0 Å². The van der Waals surface area contributed by atoms with Gasteiger partial charge in [-0.05, 0) is 41.5 Å². The molecule has 7 heteroatoms. The van der Waals surface area contributed by atoms with Gasteiger partial charge in [0.2, 0.25) is 5.95 Å². The smallest absolute Gasteiger partial charge is 0.251 e. The van der Waals surface area contributed by atoms with E-state index in [2.05, 4.69) is 15.0 Å². The Labute approximate surface area is 148 Å². The van der Waals surface area contributed by atoms with Crippen molar-refractivity contribution in [3.05, 3.63) is 83.4 Å². The molecule has 0 radical (unpaired) electrons. The van der Waals surface area contributed by atoms with Crippen molar-refractivity contribution in [3.8, 4) is 22.6 Å². The van der Waals surface area contributed by atoms with E-state index >= 15 is 0 Å². The number of rotatable bonds is 4. The van der Waals surface area contributed by atoms with Crippen molar-refractivity contribution in [2.45, 2.75) is 6.54 Å². The van der Waals surface area contributed by atoms with Crippen molar-refractivity contribution < 1.29 is 4.42 Å². The summed E-state index contributed by atoms with van der Waals surface area (Å²) in [5.74, 6) is 0.709. The highest BCUT2D eigenvalue weighted by molar-refractivity contribution is 5.78. The van der Waals surface area contributed by atoms with Gasteiger partial charge in [-0.1, -0.05) is 0 Å². The summed E-state index contributed by atoms with van der Waals surface area (Å²) >= 11 is 0. The van der Waals surface area contributed by atoms with E-state index in [1.807, 2.05) is 18.2 Å². The van der Waals surface area contributed by atoms with Gasteiger partial charge in [0.25, 0.3) is 5.56 Å². The second kappa shape index (κ2) is 6.64. The molecule has 4 heterocycles. The first-order valence-electron chi connectivity index (χ1n) is 7.97. The zero-order valence-corrected chi connectivity index (χ0v) is 13.7. The number of furan rings is 1. The van der Waals surface area contributed by atoms with Crippen LogP contribution in [0.15, 0.2) is 76.7 Å². The standard InChI is InChI=1S/C19H15N5O2/c20-19-22-11-15(18(23-19)16-2-1-9-26-16)14-5-8-24(17(25)10-14)12-13-3-6-21-7-4-13/h1-11H,12H2,(H2,20,22,23). The number of nitrogens with zero attached hydrogens (tertiary/aromatic N) is 4. The van der Waals surface area contributed by atoms with Gasteiger partial charge in [-0.25, -0.2) is 9.97 Å². The number of anilines is 1. The zero-order valence-electron chi connectivity index (χ0n) is 13.7. The van der Waals surface area contributed by atoms with E-state index in [0.29, 0.717) is 29.1 Å². The van der Waals surface area contributed by atoms with Crippen molar-refractivity contribution in [2.75, 3.05) is 5.73 Å². The highest BCUT2D eigenvalue weighted by Crippen LogP contribution is 2.29. The second-order valence-electron chi connectivity index (χ2n) is 5.70. The predicted octanol–water partition coefficient (Wildman–Crippen LogP) is 2.59. The van der Waals surface area contributed by atoms with E-state index in [1.165, 1.54) is 0 Å². The third kappa shape index (κ3) is 3.10. The maximum Gasteiger partial charge on any atom is 0.251 e. The molecule has 0 fully saturated rings. The van der Waals surface area contributed by atoms with Gasteiger partial charge in [0.15, 0.2) is 5.76 Å². The number of hydrogen-bond acceptors (Lipinski definition) is 6. The van der Waals surface area contributed by atoms with Gasteiger partial charge < -0.3 is 14.7 Å². The highest BCUT2D eigenvalue weighted by Gasteiger charge is 2.14. The molecule has 2 N–H and O–H groups in total. The average Bonchev–Trinajstić information content (AvgIpc) is 3.19. The summed E-state index contributed by atoms with van der Waals surface area (Å²) in [6, 6.07) is 10.7. The molecule has 0 aliphatic rings. The molecule has 0 saturated heterocycles. The zero-order chi connectivity index (χ0) is 17.9. The van der Waals surface area contributed by atoms with E-state index in [1.54, 1.807) is 53.8 Å². The van der Waals surface area contributed by atoms with E-state index in [0.717, 1.165) is 5.56 Å². The Morgan fingerprint density at radius 3 is 2.73 bits per heavy atom. The fourth-order valence-electron chi connectivity index (χ4n) is 2.70. The fraction of sp³-hybridized carbons (Fsp3) is 0.0526. The van der Waals surface area contributed by atoms with Gasteiger partial charge in [-0.3, -0.25) is 9.78 Å². The Kier molecular flexibility index (Phi) is 4.03. The molecule has 0 amide bonds. The van der Waals surface area contributed by atoms with Crippen LogP contribution in [0.25, 0.3) is 22.6 Å². The minimum atomic E-state index is -0.124. The van der Waals surface area contributed by atoms with Gasteiger partial charge in [0.1, 0.15) is 5.69 Å². The molecule has 26 heavy (non-hydrogen) atoms. The molecule has 0 atom stereocenters. The molecule has 7 nitrogen and oxygen atoms in total. The van der Waals surface area contributed by atoms with Crippen LogP contribution in [0.5, 0.6) is 0 Å². The van der Waals surface area contributed by atoms with Gasteiger partial charge in [-0.15, -0.1) is 0 Å². The molecule has 0 aromatic carbocycles. The van der Waals surface area contributed by atoms with Crippen molar-refractivity contribution in [2.24, 2.45) is 0 Å². The topological polar surface area (TPSA) is 99.8 Å². The number of aromatic nitrogens is 4. The van der Waals surface area contributed by atoms with Gasteiger partial charge >= 0.3 is 0 Å². The Hall–Kier alpha value is -3.74. The summed E-state index contributed by atoms with van der Waals surface area (Å²) in [6.45, 7) is 0.477. The first kappa shape index (κ1) is 15.8. The lowest BCUT2D eigenvalue weighted by molar-refractivity contribution is 0.580. The summed E-state index contributed by atoms with van der Waals surface area (Å²) in [5, 5.41) is 0. The van der Waals surface area contributed by atoms with E-state index in [9.17, 15) is 4.79 Å². The molecule has 4 rings (SSSR count). The molecule has 4 aromatic heterocycles. The Morgan fingerprint density at radius 1 is 1.15 bits per heavy atom. The molecule has 0 unspecified atom stereocenters. The van der Waals surface area contributed by atoms with Gasteiger partial charge in [0.05, 0.1) is 12.8 Å². The normalized spacial score (nSPS) is 10.8. The van der Waals surface area contributed by atoms with Crippen LogP contribution in [0.2, 0.25) is 0 Å². The van der Waals surface area contributed by atoms with Crippen LogP contribution in [0.3, 0.4) is 0 Å². The molecular weight excluding hydrogens is 330 g/mol. The molecule has 4 aromatic rings. The van der Waals surface area contributed by atoms with Crippen molar-refractivity contribution in [3.63, 3.8) is 0 Å². The molecule has 0 spiro atoms. The fourth-order valence-corrected chi connectivity index (χ4v) is 2.70. The number of hydrogen-bond donors (Lipinski definition) is 1. The summed E-state index contributed by atoms with van der Waals surface area (Å²) in [5.41, 5.74) is 8.53. The predicted molar refractivity (Wildman–Crippen MR) is 97.2 cm³/mol. The summed E-state index contributed by atoms with van der Waals surface area (Å²) in [7, 11) is 0. The second-order valence-corrected chi connectivity index (χ2v) is 5.70. The number of nitrogens with two attached hydrogens (primary N) is 1. The lowest BCUT2D eigenvalue weighted by Crippen LogP contribution is -2.19. The van der Waals surface area contributed by atoms with Crippen molar-refractivity contribution in [1.29, 1.82) is 0 Å². The van der Waals surface area contributed by atoms with Crippen LogP contribution in [0, 0.1) is 0 Å². The van der Waals surface area contributed by atoms with Crippen LogP contribution in [0.4, 0.5) is 5.95 Å². The lowest BCUT2D eigenvalue weighted by Gasteiger charge is -2.10. The Balaban J connectivity index is 1.74. The lowest BCUT2D eigenvalue weighted by atomic mass is 10.1. The quantitative estimate of drug-likeness (QED) is 0.610. The highest BCUT2D eigenvalue weighted by atomic mass is 16.3. The van der Waals surface area contributed by atoms with Gasteiger partial charge in [0, 0.05) is 36.4 Å². The third-order valence-corrected chi connectivity index (χ3v) is 3.97. The maximum atomic E-state index is 12.5. The molecule has 0 saturated carbocycles. The van der Waals surface area contributed by atoms with E-state index in [-0.39, 0.29) is 11.5 Å². The van der Waals surface area contributed by atoms with Crippen molar-refractivity contribution >= 4 is 5.95 Å². The molecule has 0 aliphatic heterocycles. The Bertz CT molecular complexity index is 1090. The summed E-state index contributed by atoms with van der Waals surface area (Å²) < 4.78 is 7.06. The summed E-state index contributed by atoms with van der Waals surface area (Å²) in [4.78, 5) is 24.8. The largest absolute Gasteiger partial charge is 0.463 e. The first-order valence-corrected chi connectivity index (χ1v) is 7.97. The van der Waals surface area contributed by atoms with Crippen LogP contribution < -0.4 is 11.3 Å². The van der Waals surface area contributed by atoms with E-state index in [4.69, 9.17) is 10.2 Å².